The molecule has 0 aromatic heterocycles. The molecule has 1 aliphatic rings. The van der Waals surface area contributed by atoms with E-state index >= 15 is 0 Å². The molecule has 2 rings (SSSR count). The average molecular weight is 259 g/mol. The van der Waals surface area contributed by atoms with Gasteiger partial charge in [0.1, 0.15) is 0 Å². The average Bonchev–Trinajstić information content (AvgIpc) is 2.36. The number of benzene rings is 1. The van der Waals surface area contributed by atoms with Gasteiger partial charge in [0.05, 0.1) is 0 Å². The lowest BCUT2D eigenvalue weighted by Crippen LogP contribution is -2.44. The maximum absolute atomic E-state index is 11.7. The number of hydrazine groups is 1. The lowest BCUT2D eigenvalue weighted by atomic mass is 9.85. The monoisotopic (exact) mass is 259 g/mol. The van der Waals surface area contributed by atoms with Gasteiger partial charge in [-0.1, -0.05) is 24.3 Å². The van der Waals surface area contributed by atoms with Gasteiger partial charge in [-0.2, -0.15) is 0 Å². The minimum Gasteiger partial charge on any atom is -0.379 e. The zero-order valence-corrected chi connectivity index (χ0v) is 11.0. The van der Waals surface area contributed by atoms with Gasteiger partial charge in [0.15, 0.2) is 0 Å². The van der Waals surface area contributed by atoms with Crippen LogP contribution in [0.3, 0.4) is 0 Å². The lowest BCUT2D eigenvalue weighted by Gasteiger charge is -2.35. The summed E-state index contributed by atoms with van der Waals surface area (Å²) in [7, 11) is 0. The number of amides is 1. The van der Waals surface area contributed by atoms with Crippen LogP contribution in [0.25, 0.3) is 5.70 Å². The number of nitrogens with two attached hydrogens (primary N) is 1. The number of rotatable bonds is 2. The van der Waals surface area contributed by atoms with Crippen LogP contribution in [0.5, 0.6) is 0 Å². The Morgan fingerprint density at radius 3 is 2.74 bits per heavy atom. The highest BCUT2D eigenvalue weighted by Crippen LogP contribution is 2.29. The first-order chi connectivity index (χ1) is 8.93. The number of fused-ring (bicyclic) bond motifs is 1. The minimum absolute atomic E-state index is 0.167. The summed E-state index contributed by atoms with van der Waals surface area (Å²) in [5, 5.41) is 3.28. The number of ketones is 1. The van der Waals surface area contributed by atoms with Crippen LogP contribution in [0.4, 0.5) is 0 Å². The molecule has 1 amide bonds. The van der Waals surface area contributed by atoms with Crippen molar-refractivity contribution in [1.82, 2.24) is 10.7 Å². The third-order valence-corrected chi connectivity index (χ3v) is 3.04. The summed E-state index contributed by atoms with van der Waals surface area (Å²) in [5.41, 5.74) is 4.42. The maximum Gasteiger partial charge on any atom is 0.305 e. The highest BCUT2D eigenvalue weighted by atomic mass is 16.2. The van der Waals surface area contributed by atoms with Crippen molar-refractivity contribution in [2.45, 2.75) is 25.8 Å². The van der Waals surface area contributed by atoms with Crippen LogP contribution in [-0.4, -0.2) is 17.2 Å². The van der Waals surface area contributed by atoms with Crippen LogP contribution >= 0.6 is 0 Å². The van der Waals surface area contributed by atoms with Crippen molar-refractivity contribution in [3.8, 4) is 0 Å². The van der Waals surface area contributed by atoms with Crippen LogP contribution in [0, 0.1) is 0 Å². The molecule has 0 saturated carbocycles. The predicted octanol–water partition coefficient (Wildman–Crippen LogP) is 0.511. The van der Waals surface area contributed by atoms with E-state index < -0.39 is 11.7 Å². The molecule has 0 saturated heterocycles. The van der Waals surface area contributed by atoms with E-state index in [1.165, 1.54) is 6.08 Å². The number of nitrogens with one attached hydrogen (secondary N) is 2. The zero-order chi connectivity index (χ0) is 14.0. The van der Waals surface area contributed by atoms with Gasteiger partial charge >= 0.3 is 5.91 Å². The molecule has 5 nitrogen and oxygen atoms in total. The molecular weight excluding hydrogens is 242 g/mol. The van der Waals surface area contributed by atoms with Crippen molar-refractivity contribution in [3.63, 3.8) is 0 Å². The van der Waals surface area contributed by atoms with Gasteiger partial charge < -0.3 is 5.32 Å². The van der Waals surface area contributed by atoms with Gasteiger partial charge in [0, 0.05) is 22.9 Å². The van der Waals surface area contributed by atoms with Crippen molar-refractivity contribution in [3.05, 3.63) is 41.5 Å². The Hall–Kier alpha value is -2.14. The summed E-state index contributed by atoms with van der Waals surface area (Å²) in [6.07, 6.45) is 2.15. The molecule has 5 heteroatoms. The Morgan fingerprint density at radius 2 is 2.05 bits per heavy atom. The molecule has 0 fully saturated rings. The SMILES string of the molecule is CC1(C)Cc2ccccc2/C(=C/C(=O)C(=O)NN)N1. The molecule has 0 spiro atoms. The van der Waals surface area contributed by atoms with E-state index in [9.17, 15) is 9.59 Å². The molecule has 4 N–H and O–H groups in total. The normalized spacial score (nSPS) is 18.4. The second kappa shape index (κ2) is 4.85. The molecular formula is C14H17N3O2. The second-order valence-corrected chi connectivity index (χ2v) is 5.24. The summed E-state index contributed by atoms with van der Waals surface area (Å²) < 4.78 is 0. The van der Waals surface area contributed by atoms with E-state index in [0.29, 0.717) is 5.70 Å². The van der Waals surface area contributed by atoms with Gasteiger partial charge in [-0.15, -0.1) is 0 Å². The summed E-state index contributed by atoms with van der Waals surface area (Å²) >= 11 is 0. The van der Waals surface area contributed by atoms with Crippen LogP contribution < -0.4 is 16.6 Å². The Bertz CT molecular complexity index is 562. The molecule has 1 aromatic rings. The van der Waals surface area contributed by atoms with Gasteiger partial charge in [-0.3, -0.25) is 15.0 Å². The third kappa shape index (κ3) is 2.82. The smallest absolute Gasteiger partial charge is 0.305 e. The number of carbonyl (C=O) groups excluding carboxylic acids is 2. The molecule has 1 heterocycles. The van der Waals surface area contributed by atoms with Crippen molar-refractivity contribution in [2.75, 3.05) is 0 Å². The fourth-order valence-corrected chi connectivity index (χ4v) is 2.27. The van der Waals surface area contributed by atoms with E-state index in [-0.39, 0.29) is 5.54 Å². The second-order valence-electron chi connectivity index (χ2n) is 5.24. The molecule has 0 bridgehead atoms. The van der Waals surface area contributed by atoms with Crippen LogP contribution in [-0.2, 0) is 16.0 Å². The van der Waals surface area contributed by atoms with Gasteiger partial charge in [-0.05, 0) is 25.8 Å². The quantitative estimate of drug-likeness (QED) is 0.237. The van der Waals surface area contributed by atoms with Gasteiger partial charge in [-0.25, -0.2) is 5.84 Å². The summed E-state index contributed by atoms with van der Waals surface area (Å²) in [5.74, 6) is 3.46. The fraction of sp³-hybridized carbons (Fsp3) is 0.286. The van der Waals surface area contributed by atoms with E-state index in [2.05, 4.69) is 5.32 Å². The van der Waals surface area contributed by atoms with Crippen LogP contribution in [0.2, 0.25) is 0 Å². The Kier molecular flexibility index (Phi) is 3.40. The maximum atomic E-state index is 11.7. The molecule has 1 aromatic carbocycles. The fourth-order valence-electron chi connectivity index (χ4n) is 2.27. The van der Waals surface area contributed by atoms with Crippen molar-refractivity contribution in [2.24, 2.45) is 5.84 Å². The molecule has 1 aliphatic heterocycles. The summed E-state index contributed by atoms with van der Waals surface area (Å²) in [6, 6.07) is 7.82. The predicted molar refractivity (Wildman–Crippen MR) is 72.7 cm³/mol. The minimum atomic E-state index is -0.824. The van der Waals surface area contributed by atoms with E-state index in [1.807, 2.05) is 43.5 Å². The van der Waals surface area contributed by atoms with E-state index in [1.54, 1.807) is 0 Å². The summed E-state index contributed by atoms with van der Waals surface area (Å²) in [4.78, 5) is 22.9. The lowest BCUT2D eigenvalue weighted by molar-refractivity contribution is -0.135. The van der Waals surface area contributed by atoms with Crippen molar-refractivity contribution >= 4 is 17.4 Å². The Labute approximate surface area is 111 Å². The molecule has 0 atom stereocenters. The highest BCUT2D eigenvalue weighted by molar-refractivity contribution is 6.41. The van der Waals surface area contributed by atoms with Gasteiger partial charge in [0.25, 0.3) is 0 Å². The highest BCUT2D eigenvalue weighted by Gasteiger charge is 2.28. The molecule has 0 aliphatic carbocycles. The summed E-state index contributed by atoms with van der Waals surface area (Å²) in [6.45, 7) is 4.09. The first-order valence-electron chi connectivity index (χ1n) is 6.06. The topological polar surface area (TPSA) is 84.2 Å². The standard InChI is InChI=1S/C14H17N3O2/c1-14(2)8-9-5-3-4-6-10(9)11(16-14)7-12(18)13(19)17-15/h3-7,16H,8,15H2,1-2H3,(H,17,19)/b11-7-. The first-order valence-corrected chi connectivity index (χ1v) is 6.06. The first kappa shape index (κ1) is 13.3. The largest absolute Gasteiger partial charge is 0.379 e. The van der Waals surface area contributed by atoms with Gasteiger partial charge in [0.2, 0.25) is 5.78 Å². The van der Waals surface area contributed by atoms with Crippen LogP contribution in [0.15, 0.2) is 30.3 Å². The zero-order valence-electron chi connectivity index (χ0n) is 11.0. The molecule has 0 radical (unpaired) electrons. The molecule has 100 valence electrons. The molecule has 19 heavy (non-hydrogen) atoms. The van der Waals surface area contributed by atoms with E-state index in [0.717, 1.165) is 17.5 Å². The number of carbonyl (C=O) groups is 2. The third-order valence-electron chi connectivity index (χ3n) is 3.04. The Morgan fingerprint density at radius 1 is 1.37 bits per heavy atom. The number of hydrogen-bond donors (Lipinski definition) is 3. The Balaban J connectivity index is 2.43. The number of hydrogen-bond acceptors (Lipinski definition) is 4. The van der Waals surface area contributed by atoms with Crippen LogP contribution in [0.1, 0.15) is 25.0 Å². The van der Waals surface area contributed by atoms with Crippen molar-refractivity contribution < 1.29 is 9.59 Å². The molecule has 0 unspecified atom stereocenters. The van der Waals surface area contributed by atoms with E-state index in [4.69, 9.17) is 5.84 Å². The van der Waals surface area contributed by atoms with Crippen molar-refractivity contribution in [1.29, 1.82) is 0 Å².